The normalized spacial score (nSPS) is 11.3. The van der Waals surface area contributed by atoms with Gasteiger partial charge in [-0.05, 0) is 67.2 Å². The lowest BCUT2D eigenvalue weighted by atomic mass is 10.0. The number of anilines is 4. The van der Waals surface area contributed by atoms with Gasteiger partial charge in [-0.1, -0.05) is 41.9 Å². The van der Waals surface area contributed by atoms with Crippen molar-refractivity contribution in [1.29, 1.82) is 5.41 Å². The van der Waals surface area contributed by atoms with Gasteiger partial charge in [0, 0.05) is 55.6 Å². The van der Waals surface area contributed by atoms with Crippen LogP contribution in [-0.4, -0.2) is 29.8 Å². The first-order valence-electron chi connectivity index (χ1n) is 11.3. The Balaban J connectivity index is 1.55. The van der Waals surface area contributed by atoms with Gasteiger partial charge in [0.1, 0.15) is 0 Å². The van der Waals surface area contributed by atoms with E-state index in [9.17, 15) is 4.79 Å². The summed E-state index contributed by atoms with van der Waals surface area (Å²) in [5.41, 5.74) is 5.01. The summed E-state index contributed by atoms with van der Waals surface area (Å²) in [6.07, 6.45) is 1.30. The van der Waals surface area contributed by atoms with Crippen molar-refractivity contribution >= 4 is 63.3 Å². The van der Waals surface area contributed by atoms with E-state index >= 15 is 0 Å². The van der Waals surface area contributed by atoms with E-state index in [4.69, 9.17) is 29.2 Å². The molecule has 0 aromatic heterocycles. The van der Waals surface area contributed by atoms with Crippen LogP contribution in [0.1, 0.15) is 25.8 Å². The van der Waals surface area contributed by atoms with E-state index in [0.717, 1.165) is 28.3 Å². The third kappa shape index (κ3) is 8.09. The van der Waals surface area contributed by atoms with E-state index in [1.807, 2.05) is 67.7 Å². The highest BCUT2D eigenvalue weighted by molar-refractivity contribution is 7.80. The Morgan fingerprint density at radius 1 is 0.971 bits per heavy atom. The van der Waals surface area contributed by atoms with E-state index in [2.05, 4.69) is 27.8 Å². The van der Waals surface area contributed by atoms with Crippen LogP contribution >= 0.6 is 23.8 Å². The average molecular weight is 508 g/mol. The molecule has 182 valence electrons. The van der Waals surface area contributed by atoms with Gasteiger partial charge in [-0.3, -0.25) is 4.79 Å². The lowest BCUT2D eigenvalue weighted by Gasteiger charge is -2.28. The summed E-state index contributed by atoms with van der Waals surface area (Å²) < 4.78 is 0. The molecular formula is C27H30ClN5OS. The van der Waals surface area contributed by atoms with Crippen LogP contribution in [0, 0.1) is 5.41 Å². The molecule has 8 heteroatoms. The number of halogens is 1. The molecule has 3 aromatic carbocycles. The zero-order valence-corrected chi connectivity index (χ0v) is 21.6. The van der Waals surface area contributed by atoms with Crippen LogP contribution in [0.4, 0.5) is 22.7 Å². The van der Waals surface area contributed by atoms with Crippen molar-refractivity contribution in [3.63, 3.8) is 0 Å². The molecule has 1 amide bonds. The molecule has 0 aliphatic rings. The molecule has 0 heterocycles. The third-order valence-corrected chi connectivity index (χ3v) is 6.02. The SMILES string of the molecule is CC(=O)Nc1ccc(NC(=S)Nc2ccc(N(C)C(C)CC(=N)Cc3ccccc3)c(Cl)c2)cc1. The predicted octanol–water partition coefficient (Wildman–Crippen LogP) is 6.58. The summed E-state index contributed by atoms with van der Waals surface area (Å²) in [4.78, 5) is 13.2. The molecule has 35 heavy (non-hydrogen) atoms. The first-order valence-corrected chi connectivity index (χ1v) is 12.1. The molecule has 0 spiro atoms. The number of carbonyl (C=O) groups is 1. The van der Waals surface area contributed by atoms with E-state index < -0.39 is 0 Å². The lowest BCUT2D eigenvalue weighted by molar-refractivity contribution is -0.114. The summed E-state index contributed by atoms with van der Waals surface area (Å²) >= 11 is 12.0. The summed E-state index contributed by atoms with van der Waals surface area (Å²) in [6, 6.07) is 23.2. The molecule has 0 radical (unpaired) electrons. The molecule has 0 aliphatic heterocycles. The molecule has 0 fully saturated rings. The van der Waals surface area contributed by atoms with Gasteiger partial charge in [0.25, 0.3) is 0 Å². The number of carbonyl (C=O) groups excluding carboxylic acids is 1. The maximum Gasteiger partial charge on any atom is 0.221 e. The second kappa shape index (κ2) is 12.3. The number of nitrogens with one attached hydrogen (secondary N) is 4. The Hall–Kier alpha value is -3.42. The van der Waals surface area contributed by atoms with E-state index in [1.54, 1.807) is 12.1 Å². The Kier molecular flexibility index (Phi) is 9.23. The largest absolute Gasteiger partial charge is 0.370 e. The van der Waals surface area contributed by atoms with Crippen molar-refractivity contribution in [2.45, 2.75) is 32.7 Å². The second-order valence-corrected chi connectivity index (χ2v) is 9.25. The van der Waals surface area contributed by atoms with Crippen LogP contribution in [0.15, 0.2) is 72.8 Å². The number of benzene rings is 3. The number of nitrogens with zero attached hydrogens (tertiary/aromatic N) is 1. The van der Waals surface area contributed by atoms with Crippen LogP contribution in [0.5, 0.6) is 0 Å². The highest BCUT2D eigenvalue weighted by atomic mass is 35.5. The van der Waals surface area contributed by atoms with Gasteiger partial charge in [-0.25, -0.2) is 0 Å². The van der Waals surface area contributed by atoms with Crippen LogP contribution in [0.2, 0.25) is 5.02 Å². The Morgan fingerprint density at radius 3 is 2.14 bits per heavy atom. The molecule has 0 saturated carbocycles. The first kappa shape index (κ1) is 26.2. The fraction of sp³-hybridized carbons (Fsp3) is 0.222. The fourth-order valence-electron chi connectivity index (χ4n) is 3.65. The summed E-state index contributed by atoms with van der Waals surface area (Å²) in [6.45, 7) is 3.56. The minimum absolute atomic E-state index is 0.116. The molecule has 1 unspecified atom stereocenters. The highest BCUT2D eigenvalue weighted by Crippen LogP contribution is 2.30. The maximum absolute atomic E-state index is 11.1. The van der Waals surface area contributed by atoms with Crippen LogP contribution in [-0.2, 0) is 11.2 Å². The third-order valence-electron chi connectivity index (χ3n) is 5.51. The quantitative estimate of drug-likeness (QED) is 0.194. The van der Waals surface area contributed by atoms with E-state index in [0.29, 0.717) is 28.7 Å². The Labute approximate surface area is 217 Å². The monoisotopic (exact) mass is 507 g/mol. The van der Waals surface area contributed by atoms with Crippen molar-refractivity contribution in [3.8, 4) is 0 Å². The minimum Gasteiger partial charge on any atom is -0.370 e. The molecule has 3 rings (SSSR count). The second-order valence-electron chi connectivity index (χ2n) is 8.43. The van der Waals surface area contributed by atoms with Crippen molar-refractivity contribution in [2.24, 2.45) is 0 Å². The van der Waals surface area contributed by atoms with Gasteiger partial charge >= 0.3 is 0 Å². The van der Waals surface area contributed by atoms with Gasteiger partial charge in [0.2, 0.25) is 5.91 Å². The number of hydrogen-bond acceptors (Lipinski definition) is 4. The standard InChI is InChI=1S/C27H30ClN5OS/c1-18(15-21(29)16-20-7-5-4-6-8-20)33(3)26-14-13-24(17-25(26)28)32-27(35)31-23-11-9-22(10-12-23)30-19(2)34/h4-14,17-18,29H,15-16H2,1-3H3,(H,30,34)(H2,31,32,35). The van der Waals surface area contributed by atoms with Crippen LogP contribution < -0.4 is 20.9 Å². The number of amides is 1. The van der Waals surface area contributed by atoms with E-state index in [-0.39, 0.29) is 11.9 Å². The molecule has 0 bridgehead atoms. The lowest BCUT2D eigenvalue weighted by Crippen LogP contribution is -2.31. The van der Waals surface area contributed by atoms with Crippen molar-refractivity contribution in [1.82, 2.24) is 0 Å². The van der Waals surface area contributed by atoms with Crippen LogP contribution in [0.25, 0.3) is 0 Å². The summed E-state index contributed by atoms with van der Waals surface area (Å²) in [7, 11) is 1.99. The number of hydrogen-bond donors (Lipinski definition) is 4. The van der Waals surface area contributed by atoms with Crippen molar-refractivity contribution in [3.05, 3.63) is 83.4 Å². The first-order chi connectivity index (χ1) is 16.7. The molecule has 0 saturated heterocycles. The fourth-order valence-corrected chi connectivity index (χ4v) is 4.20. The van der Waals surface area contributed by atoms with Crippen LogP contribution in [0.3, 0.4) is 0 Å². The minimum atomic E-state index is -0.117. The van der Waals surface area contributed by atoms with Gasteiger partial charge in [0.15, 0.2) is 5.11 Å². The topological polar surface area (TPSA) is 80.2 Å². The predicted molar refractivity (Wildman–Crippen MR) is 152 cm³/mol. The molecular weight excluding hydrogens is 478 g/mol. The van der Waals surface area contributed by atoms with E-state index in [1.165, 1.54) is 6.92 Å². The summed E-state index contributed by atoms with van der Waals surface area (Å²) in [5, 5.41) is 18.4. The van der Waals surface area contributed by atoms with Gasteiger partial charge < -0.3 is 26.3 Å². The van der Waals surface area contributed by atoms with Crippen molar-refractivity contribution in [2.75, 3.05) is 27.9 Å². The number of rotatable bonds is 9. The molecule has 1 atom stereocenters. The molecule has 0 aliphatic carbocycles. The summed E-state index contributed by atoms with van der Waals surface area (Å²) in [5.74, 6) is -0.117. The van der Waals surface area contributed by atoms with Crippen molar-refractivity contribution < 1.29 is 4.79 Å². The molecule has 6 nitrogen and oxygen atoms in total. The van der Waals surface area contributed by atoms with Gasteiger partial charge in [0.05, 0.1) is 10.7 Å². The van der Waals surface area contributed by atoms with Gasteiger partial charge in [-0.2, -0.15) is 0 Å². The van der Waals surface area contributed by atoms with Gasteiger partial charge in [-0.15, -0.1) is 0 Å². The average Bonchev–Trinajstić information content (AvgIpc) is 2.80. The zero-order valence-electron chi connectivity index (χ0n) is 20.1. The zero-order chi connectivity index (χ0) is 25.4. The molecule has 3 aromatic rings. The molecule has 4 N–H and O–H groups in total. The Bertz CT molecular complexity index is 1180. The highest BCUT2D eigenvalue weighted by Gasteiger charge is 2.16. The number of thiocarbonyl (C=S) groups is 1. The smallest absolute Gasteiger partial charge is 0.221 e. The maximum atomic E-state index is 11.1. The Morgan fingerprint density at radius 2 is 1.54 bits per heavy atom.